The number of anilines is 1. The summed E-state index contributed by atoms with van der Waals surface area (Å²) in [5, 5.41) is 2.93. The number of pyridine rings is 1. The summed E-state index contributed by atoms with van der Waals surface area (Å²) in [5.41, 5.74) is 2.93. The molecule has 2 aromatic rings. The number of amides is 1. The quantitative estimate of drug-likeness (QED) is 0.710. The number of hydrogen-bond acceptors (Lipinski definition) is 5. The topological polar surface area (TPSA) is 51.7 Å². The summed E-state index contributed by atoms with van der Waals surface area (Å²) in [6, 6.07) is 14.4. The molecule has 0 saturated carbocycles. The maximum absolute atomic E-state index is 12.2. The molecule has 0 spiro atoms. The third-order valence-electron chi connectivity index (χ3n) is 5.03. The van der Waals surface area contributed by atoms with Crippen molar-refractivity contribution in [2.24, 2.45) is 0 Å². The van der Waals surface area contributed by atoms with Crippen molar-refractivity contribution in [2.75, 3.05) is 58.3 Å². The highest BCUT2D eigenvalue weighted by atomic mass is 16.1. The highest BCUT2D eigenvalue weighted by Crippen LogP contribution is 2.17. The highest BCUT2D eigenvalue weighted by molar-refractivity contribution is 5.92. The Balaban J connectivity index is 1.44. The van der Waals surface area contributed by atoms with Gasteiger partial charge >= 0.3 is 0 Å². The summed E-state index contributed by atoms with van der Waals surface area (Å²) < 4.78 is 0. The van der Waals surface area contributed by atoms with Gasteiger partial charge in [-0.25, -0.2) is 4.98 Å². The van der Waals surface area contributed by atoms with Crippen LogP contribution in [0.2, 0.25) is 0 Å². The van der Waals surface area contributed by atoms with Crippen LogP contribution < -0.4 is 10.2 Å². The molecular formula is C22H31N5O. The van der Waals surface area contributed by atoms with Gasteiger partial charge in [-0.05, 0) is 44.8 Å². The van der Waals surface area contributed by atoms with Crippen molar-refractivity contribution in [3.63, 3.8) is 0 Å². The minimum atomic E-state index is -0.0991. The van der Waals surface area contributed by atoms with E-state index < -0.39 is 0 Å². The van der Waals surface area contributed by atoms with Crippen LogP contribution in [-0.4, -0.2) is 74.1 Å². The fraction of sp³-hybridized carbons (Fsp3) is 0.455. The highest BCUT2D eigenvalue weighted by Gasteiger charge is 2.18. The van der Waals surface area contributed by atoms with E-state index in [1.54, 1.807) is 0 Å². The van der Waals surface area contributed by atoms with Crippen LogP contribution in [0.25, 0.3) is 0 Å². The van der Waals surface area contributed by atoms with Crippen LogP contribution >= 0.6 is 0 Å². The Kier molecular flexibility index (Phi) is 7.39. The lowest BCUT2D eigenvalue weighted by molar-refractivity contribution is 0.0947. The number of piperazine rings is 1. The van der Waals surface area contributed by atoms with Crippen LogP contribution in [0.5, 0.6) is 0 Å². The zero-order valence-corrected chi connectivity index (χ0v) is 17.0. The summed E-state index contributed by atoms with van der Waals surface area (Å²) >= 11 is 0. The van der Waals surface area contributed by atoms with E-state index in [-0.39, 0.29) is 5.91 Å². The number of rotatable bonds is 8. The average Bonchev–Trinajstić information content (AvgIpc) is 2.72. The van der Waals surface area contributed by atoms with E-state index in [1.165, 1.54) is 5.56 Å². The fourth-order valence-electron chi connectivity index (χ4n) is 3.40. The molecule has 1 aromatic carbocycles. The van der Waals surface area contributed by atoms with Gasteiger partial charge in [0.15, 0.2) is 0 Å². The SMILES string of the molecule is CN(C)CCCNC(=O)c1ccc(N2CCN(Cc3ccccc3)CC2)cn1. The van der Waals surface area contributed by atoms with Gasteiger partial charge in [0, 0.05) is 39.3 Å². The number of nitrogens with zero attached hydrogens (tertiary/aromatic N) is 4. The molecule has 0 radical (unpaired) electrons. The Morgan fingerprint density at radius 1 is 1.07 bits per heavy atom. The fourth-order valence-corrected chi connectivity index (χ4v) is 3.40. The number of carbonyl (C=O) groups is 1. The summed E-state index contributed by atoms with van der Waals surface area (Å²) in [7, 11) is 4.06. The van der Waals surface area contributed by atoms with E-state index >= 15 is 0 Å². The molecule has 6 heteroatoms. The number of carbonyl (C=O) groups excluding carboxylic acids is 1. The third kappa shape index (κ3) is 6.04. The van der Waals surface area contributed by atoms with Crippen molar-refractivity contribution >= 4 is 11.6 Å². The number of nitrogens with one attached hydrogen (secondary N) is 1. The lowest BCUT2D eigenvalue weighted by Gasteiger charge is -2.36. The lowest BCUT2D eigenvalue weighted by Crippen LogP contribution is -2.46. The molecule has 1 amide bonds. The van der Waals surface area contributed by atoms with Gasteiger partial charge in [-0.15, -0.1) is 0 Å². The van der Waals surface area contributed by atoms with Crippen molar-refractivity contribution in [1.29, 1.82) is 0 Å². The Hall–Kier alpha value is -2.44. The second-order valence-electron chi connectivity index (χ2n) is 7.56. The normalized spacial score (nSPS) is 15.0. The van der Waals surface area contributed by atoms with E-state index in [2.05, 4.69) is 55.3 Å². The first-order chi connectivity index (χ1) is 13.6. The first-order valence-corrected chi connectivity index (χ1v) is 10.0. The first kappa shape index (κ1) is 20.3. The van der Waals surface area contributed by atoms with E-state index in [9.17, 15) is 4.79 Å². The van der Waals surface area contributed by atoms with E-state index in [4.69, 9.17) is 0 Å². The van der Waals surface area contributed by atoms with Crippen molar-refractivity contribution in [3.8, 4) is 0 Å². The molecule has 2 heterocycles. The maximum atomic E-state index is 12.2. The van der Waals surface area contributed by atoms with Crippen molar-refractivity contribution in [1.82, 2.24) is 20.1 Å². The number of aromatic nitrogens is 1. The van der Waals surface area contributed by atoms with Crippen molar-refractivity contribution in [2.45, 2.75) is 13.0 Å². The standard InChI is InChI=1S/C22H31N5O/c1-25(2)12-6-11-23-22(28)21-10-9-20(17-24-21)27-15-13-26(14-16-27)18-19-7-4-3-5-8-19/h3-5,7-10,17H,6,11-16,18H2,1-2H3,(H,23,28). The van der Waals surface area contributed by atoms with Gasteiger partial charge in [0.2, 0.25) is 0 Å². The molecule has 0 bridgehead atoms. The van der Waals surface area contributed by atoms with Crippen LogP contribution in [0.15, 0.2) is 48.7 Å². The molecule has 1 N–H and O–H groups in total. The minimum absolute atomic E-state index is 0.0991. The Morgan fingerprint density at radius 3 is 2.46 bits per heavy atom. The molecule has 6 nitrogen and oxygen atoms in total. The Labute approximate surface area is 168 Å². The Bertz CT molecular complexity index is 724. The lowest BCUT2D eigenvalue weighted by atomic mass is 10.2. The first-order valence-electron chi connectivity index (χ1n) is 10.0. The number of benzene rings is 1. The summed E-state index contributed by atoms with van der Waals surface area (Å²) in [4.78, 5) is 23.5. The molecule has 1 saturated heterocycles. The molecule has 3 rings (SSSR count). The second-order valence-corrected chi connectivity index (χ2v) is 7.56. The van der Waals surface area contributed by atoms with Crippen molar-refractivity contribution < 1.29 is 4.79 Å². The predicted octanol–water partition coefficient (Wildman–Crippen LogP) is 2.09. The van der Waals surface area contributed by atoms with Crippen LogP contribution in [0.1, 0.15) is 22.5 Å². The monoisotopic (exact) mass is 381 g/mol. The third-order valence-corrected chi connectivity index (χ3v) is 5.03. The van der Waals surface area contributed by atoms with Crippen LogP contribution in [0, 0.1) is 0 Å². The van der Waals surface area contributed by atoms with E-state index in [0.717, 1.165) is 51.4 Å². The van der Waals surface area contributed by atoms with Gasteiger partial charge < -0.3 is 15.1 Å². The molecule has 1 aliphatic rings. The largest absolute Gasteiger partial charge is 0.368 e. The molecule has 1 aliphatic heterocycles. The van der Waals surface area contributed by atoms with Gasteiger partial charge in [0.25, 0.3) is 5.91 Å². The summed E-state index contributed by atoms with van der Waals surface area (Å²) in [6.45, 7) is 6.65. The van der Waals surface area contributed by atoms with Gasteiger partial charge in [0.05, 0.1) is 11.9 Å². The smallest absolute Gasteiger partial charge is 0.269 e. The molecular weight excluding hydrogens is 350 g/mol. The molecule has 0 unspecified atom stereocenters. The van der Waals surface area contributed by atoms with Gasteiger partial charge in [-0.2, -0.15) is 0 Å². The van der Waals surface area contributed by atoms with E-state index in [0.29, 0.717) is 12.2 Å². The summed E-state index contributed by atoms with van der Waals surface area (Å²) in [5.74, 6) is -0.0991. The van der Waals surface area contributed by atoms with Crippen LogP contribution in [0.4, 0.5) is 5.69 Å². The van der Waals surface area contributed by atoms with E-state index in [1.807, 2.05) is 32.4 Å². The molecule has 1 fully saturated rings. The van der Waals surface area contributed by atoms with Gasteiger partial charge in [-0.1, -0.05) is 30.3 Å². The second kappa shape index (κ2) is 10.2. The predicted molar refractivity (Wildman–Crippen MR) is 114 cm³/mol. The maximum Gasteiger partial charge on any atom is 0.269 e. The van der Waals surface area contributed by atoms with Crippen LogP contribution in [-0.2, 0) is 6.54 Å². The van der Waals surface area contributed by atoms with Gasteiger partial charge in [0.1, 0.15) is 5.69 Å². The number of hydrogen-bond donors (Lipinski definition) is 1. The average molecular weight is 382 g/mol. The minimum Gasteiger partial charge on any atom is -0.368 e. The zero-order valence-electron chi connectivity index (χ0n) is 17.0. The molecule has 150 valence electrons. The molecule has 1 aromatic heterocycles. The molecule has 0 aliphatic carbocycles. The molecule has 28 heavy (non-hydrogen) atoms. The van der Waals surface area contributed by atoms with Crippen molar-refractivity contribution in [3.05, 3.63) is 59.9 Å². The zero-order chi connectivity index (χ0) is 19.8. The Morgan fingerprint density at radius 2 is 1.82 bits per heavy atom. The van der Waals surface area contributed by atoms with Crippen LogP contribution in [0.3, 0.4) is 0 Å². The summed E-state index contributed by atoms with van der Waals surface area (Å²) in [6.07, 6.45) is 2.76. The van der Waals surface area contributed by atoms with Gasteiger partial charge in [-0.3, -0.25) is 9.69 Å². The molecule has 0 atom stereocenters.